The summed E-state index contributed by atoms with van der Waals surface area (Å²) in [4.78, 5) is 17.3. The van der Waals surface area contributed by atoms with Gasteiger partial charge < -0.3 is 5.11 Å². The largest absolute Gasteiger partial charge is 0.481 e. The number of aromatic nitrogens is 3. The first kappa shape index (κ1) is 13.8. The quantitative estimate of drug-likeness (QED) is 0.786. The van der Waals surface area contributed by atoms with E-state index in [1.54, 1.807) is 17.5 Å². The molecule has 0 radical (unpaired) electrons. The smallest absolute Gasteiger partial charge is 0.303 e. The summed E-state index contributed by atoms with van der Waals surface area (Å²) < 4.78 is 1.81. The van der Waals surface area contributed by atoms with E-state index in [1.807, 2.05) is 17.9 Å². The number of hydrogen-bond acceptors (Lipinski definition) is 4. The normalized spacial score (nSPS) is 11.1. The molecule has 108 valence electrons. The first-order valence-electron chi connectivity index (χ1n) is 6.72. The molecule has 0 atom stereocenters. The van der Waals surface area contributed by atoms with Gasteiger partial charge in [0.05, 0.1) is 11.7 Å². The Bertz CT molecular complexity index is 791. The lowest BCUT2D eigenvalue weighted by Crippen LogP contribution is -1.94. The minimum absolute atomic E-state index is 0.218. The number of carboxylic acids is 1. The first-order valence-corrected chi connectivity index (χ1v) is 7.54. The van der Waals surface area contributed by atoms with Crippen molar-refractivity contribution >= 4 is 28.3 Å². The Hall–Kier alpha value is -2.21. The van der Waals surface area contributed by atoms with Crippen LogP contribution >= 0.6 is 11.3 Å². The lowest BCUT2D eigenvalue weighted by Gasteiger charge is -1.99. The maximum atomic E-state index is 10.5. The van der Waals surface area contributed by atoms with E-state index < -0.39 is 5.97 Å². The Kier molecular flexibility index (Phi) is 3.70. The lowest BCUT2D eigenvalue weighted by atomic mass is 10.2. The molecule has 0 saturated heterocycles. The first-order chi connectivity index (χ1) is 10.1. The van der Waals surface area contributed by atoms with Gasteiger partial charge in [0.1, 0.15) is 5.52 Å². The molecular formula is C15H15N3O2S. The third-order valence-electron chi connectivity index (χ3n) is 3.36. The third-order valence-corrected chi connectivity index (χ3v) is 4.55. The fourth-order valence-corrected chi connectivity index (χ4v) is 3.27. The van der Waals surface area contributed by atoms with Crippen LogP contribution in [0.25, 0.3) is 21.5 Å². The van der Waals surface area contributed by atoms with Crippen molar-refractivity contribution in [3.63, 3.8) is 0 Å². The molecule has 0 aliphatic heterocycles. The number of nitrogens with zero attached hydrogens (tertiary/aromatic N) is 3. The van der Waals surface area contributed by atoms with E-state index in [1.165, 1.54) is 4.88 Å². The number of rotatable bonds is 5. The van der Waals surface area contributed by atoms with Crippen LogP contribution in [0.3, 0.4) is 0 Å². The minimum atomic E-state index is -0.738. The van der Waals surface area contributed by atoms with Crippen LogP contribution < -0.4 is 0 Å². The topological polar surface area (TPSA) is 68.0 Å². The van der Waals surface area contributed by atoms with Crippen molar-refractivity contribution in [2.45, 2.75) is 19.3 Å². The zero-order valence-electron chi connectivity index (χ0n) is 11.6. The van der Waals surface area contributed by atoms with Gasteiger partial charge in [-0.15, -0.1) is 11.3 Å². The second-order valence-corrected chi connectivity index (χ2v) is 6.08. The third kappa shape index (κ3) is 2.95. The average Bonchev–Trinajstić information content (AvgIpc) is 3.06. The van der Waals surface area contributed by atoms with Crippen LogP contribution in [0.1, 0.15) is 17.7 Å². The zero-order chi connectivity index (χ0) is 14.8. The van der Waals surface area contributed by atoms with Gasteiger partial charge in [-0.05, 0) is 31.0 Å². The lowest BCUT2D eigenvalue weighted by molar-refractivity contribution is -0.137. The van der Waals surface area contributed by atoms with Crippen molar-refractivity contribution in [1.29, 1.82) is 0 Å². The molecule has 0 bridgehead atoms. The number of carbonyl (C=O) groups is 1. The second kappa shape index (κ2) is 5.65. The fraction of sp³-hybridized carbons (Fsp3) is 0.267. The Labute approximate surface area is 125 Å². The van der Waals surface area contributed by atoms with Crippen molar-refractivity contribution in [1.82, 2.24) is 14.8 Å². The zero-order valence-corrected chi connectivity index (χ0v) is 12.4. The number of pyridine rings is 1. The molecule has 0 spiro atoms. The standard InChI is InChI=1S/C15H15N3O2S/c1-18-13-7-10(8-16-12(13)9-17-18)14-6-5-11(21-14)3-2-4-15(19)20/h5-9H,2-4H2,1H3,(H,19,20). The van der Waals surface area contributed by atoms with Gasteiger partial charge in [-0.2, -0.15) is 5.10 Å². The van der Waals surface area contributed by atoms with E-state index in [9.17, 15) is 4.79 Å². The van der Waals surface area contributed by atoms with E-state index in [-0.39, 0.29) is 6.42 Å². The highest BCUT2D eigenvalue weighted by atomic mass is 32.1. The van der Waals surface area contributed by atoms with Gasteiger partial charge in [0, 0.05) is 35.0 Å². The summed E-state index contributed by atoms with van der Waals surface area (Å²) in [5, 5.41) is 12.9. The van der Waals surface area contributed by atoms with Crippen LogP contribution in [0.4, 0.5) is 0 Å². The van der Waals surface area contributed by atoms with Crippen molar-refractivity contribution in [3.8, 4) is 10.4 Å². The number of aliphatic carboxylic acids is 1. The van der Waals surface area contributed by atoms with Crippen LogP contribution in [0.5, 0.6) is 0 Å². The molecule has 0 unspecified atom stereocenters. The molecule has 0 aromatic carbocycles. The predicted octanol–water partition coefficient (Wildman–Crippen LogP) is 3.10. The van der Waals surface area contributed by atoms with Crippen LogP contribution in [0.2, 0.25) is 0 Å². The van der Waals surface area contributed by atoms with E-state index >= 15 is 0 Å². The summed E-state index contributed by atoms with van der Waals surface area (Å²) >= 11 is 1.69. The molecule has 3 heterocycles. The van der Waals surface area contributed by atoms with Crippen LogP contribution in [0, 0.1) is 0 Å². The highest BCUT2D eigenvalue weighted by Crippen LogP contribution is 2.30. The summed E-state index contributed by atoms with van der Waals surface area (Å²) in [5.74, 6) is -0.738. The summed E-state index contributed by atoms with van der Waals surface area (Å²) in [6, 6.07) is 6.22. The molecule has 3 aromatic heterocycles. The van der Waals surface area contributed by atoms with Gasteiger partial charge in [0.2, 0.25) is 0 Å². The molecule has 3 aromatic rings. The highest BCUT2D eigenvalue weighted by Gasteiger charge is 2.07. The van der Waals surface area contributed by atoms with Gasteiger partial charge in [-0.3, -0.25) is 14.5 Å². The number of hydrogen-bond donors (Lipinski definition) is 1. The minimum Gasteiger partial charge on any atom is -0.481 e. The van der Waals surface area contributed by atoms with E-state index in [0.717, 1.165) is 27.9 Å². The molecule has 0 fully saturated rings. The van der Waals surface area contributed by atoms with E-state index in [2.05, 4.69) is 28.3 Å². The molecule has 21 heavy (non-hydrogen) atoms. The maximum Gasteiger partial charge on any atom is 0.303 e. The molecular weight excluding hydrogens is 286 g/mol. The monoisotopic (exact) mass is 301 g/mol. The Balaban J connectivity index is 1.80. The maximum absolute atomic E-state index is 10.5. The summed E-state index contributed by atoms with van der Waals surface area (Å²) in [6.07, 6.45) is 5.31. The van der Waals surface area contributed by atoms with Gasteiger partial charge in [0.25, 0.3) is 0 Å². The van der Waals surface area contributed by atoms with Crippen molar-refractivity contribution in [3.05, 3.63) is 35.5 Å². The summed E-state index contributed by atoms with van der Waals surface area (Å²) in [7, 11) is 1.90. The molecule has 0 aliphatic rings. The van der Waals surface area contributed by atoms with Gasteiger partial charge in [0.15, 0.2) is 0 Å². The number of aryl methyl sites for hydroxylation is 2. The molecule has 0 aliphatic carbocycles. The molecule has 3 rings (SSSR count). The fourth-order valence-electron chi connectivity index (χ4n) is 2.24. The molecule has 0 saturated carbocycles. The molecule has 0 amide bonds. The molecule has 6 heteroatoms. The van der Waals surface area contributed by atoms with Gasteiger partial charge >= 0.3 is 5.97 Å². The average molecular weight is 301 g/mol. The highest BCUT2D eigenvalue weighted by molar-refractivity contribution is 7.15. The van der Waals surface area contributed by atoms with Crippen LogP contribution in [-0.4, -0.2) is 25.8 Å². The molecule has 5 nitrogen and oxygen atoms in total. The van der Waals surface area contributed by atoms with E-state index in [0.29, 0.717) is 6.42 Å². The number of thiophene rings is 1. The van der Waals surface area contributed by atoms with E-state index in [4.69, 9.17) is 5.11 Å². The second-order valence-electron chi connectivity index (χ2n) is 4.91. The van der Waals surface area contributed by atoms with Gasteiger partial charge in [-0.25, -0.2) is 0 Å². The SMILES string of the molecule is Cn1ncc2ncc(-c3ccc(CCCC(=O)O)s3)cc21. The van der Waals surface area contributed by atoms with Crippen LogP contribution in [0.15, 0.2) is 30.6 Å². The van der Waals surface area contributed by atoms with Gasteiger partial charge in [-0.1, -0.05) is 0 Å². The molecule has 1 N–H and O–H groups in total. The van der Waals surface area contributed by atoms with Crippen molar-refractivity contribution in [2.75, 3.05) is 0 Å². The Morgan fingerprint density at radius 1 is 1.38 bits per heavy atom. The van der Waals surface area contributed by atoms with Crippen molar-refractivity contribution < 1.29 is 9.90 Å². The Morgan fingerprint density at radius 2 is 2.24 bits per heavy atom. The predicted molar refractivity (Wildman–Crippen MR) is 82.4 cm³/mol. The summed E-state index contributed by atoms with van der Waals surface area (Å²) in [6.45, 7) is 0. The summed E-state index contributed by atoms with van der Waals surface area (Å²) in [5.41, 5.74) is 2.97. The number of carboxylic acid groups (broad SMARTS) is 1. The Morgan fingerprint density at radius 3 is 3.05 bits per heavy atom. The van der Waals surface area contributed by atoms with Crippen LogP contribution in [-0.2, 0) is 18.3 Å². The van der Waals surface area contributed by atoms with Crippen molar-refractivity contribution in [2.24, 2.45) is 7.05 Å². The number of fused-ring (bicyclic) bond motifs is 1.